The molecule has 10 nitrogen and oxygen atoms in total. The number of aliphatic carboxylic acids is 1. The number of esters is 3. The van der Waals surface area contributed by atoms with E-state index in [-0.39, 0.29) is 48.4 Å². The molecular formula is C30H45ClO10. The van der Waals surface area contributed by atoms with Crippen LogP contribution in [-0.2, 0) is 42.9 Å². The van der Waals surface area contributed by atoms with Gasteiger partial charge in [0, 0.05) is 14.2 Å². The summed E-state index contributed by atoms with van der Waals surface area (Å²) in [5, 5.41) is 9.21. The predicted octanol–water partition coefficient (Wildman–Crippen LogP) is 4.59. The molecule has 0 radical (unpaired) electrons. The predicted molar refractivity (Wildman–Crippen MR) is 150 cm³/mol. The van der Waals surface area contributed by atoms with E-state index in [0.29, 0.717) is 6.07 Å². The average molecular weight is 601 g/mol. The second-order valence-corrected chi connectivity index (χ2v) is 12.9. The van der Waals surface area contributed by atoms with Crippen LogP contribution < -0.4 is 0 Å². The van der Waals surface area contributed by atoms with Crippen LogP contribution in [0.15, 0.2) is 24.3 Å². The van der Waals surface area contributed by atoms with Crippen molar-refractivity contribution in [2.24, 2.45) is 47.3 Å². The van der Waals surface area contributed by atoms with E-state index in [1.54, 1.807) is 27.9 Å². The number of halogens is 1. The summed E-state index contributed by atoms with van der Waals surface area (Å²) in [5.74, 6) is -3.78. The SMILES string of the molecule is CC(C)(C)OC(=O)C1C2C=CC(C2)C1C(=O)O.COCCl.COCOC(=O)C1C2C=CC(C2)C1C(=O)OC(C)(C)C. The van der Waals surface area contributed by atoms with Gasteiger partial charge in [-0.05, 0) is 78.1 Å². The maximum absolute atomic E-state index is 12.3. The maximum Gasteiger partial charge on any atom is 0.312 e. The number of carbonyl (C=O) groups excluding carboxylic acids is 3. The molecule has 8 atom stereocenters. The van der Waals surface area contributed by atoms with Gasteiger partial charge in [0.2, 0.25) is 0 Å². The van der Waals surface area contributed by atoms with Crippen LogP contribution in [0.1, 0.15) is 54.4 Å². The van der Waals surface area contributed by atoms with Gasteiger partial charge < -0.3 is 28.8 Å². The minimum Gasteiger partial charge on any atom is -0.481 e. The highest BCUT2D eigenvalue weighted by molar-refractivity contribution is 6.17. The van der Waals surface area contributed by atoms with Gasteiger partial charge in [-0.2, -0.15) is 0 Å². The first-order valence-electron chi connectivity index (χ1n) is 13.8. The van der Waals surface area contributed by atoms with Crippen LogP contribution in [0.5, 0.6) is 0 Å². The van der Waals surface area contributed by atoms with E-state index in [1.165, 1.54) is 7.11 Å². The third-order valence-corrected chi connectivity index (χ3v) is 7.48. The van der Waals surface area contributed by atoms with Gasteiger partial charge in [0.15, 0.2) is 6.79 Å². The number of carboxylic acids is 1. The van der Waals surface area contributed by atoms with Crippen molar-refractivity contribution in [3.8, 4) is 0 Å². The van der Waals surface area contributed by atoms with Crippen molar-refractivity contribution in [1.82, 2.24) is 0 Å². The van der Waals surface area contributed by atoms with Crippen molar-refractivity contribution >= 4 is 35.5 Å². The molecule has 11 heteroatoms. The van der Waals surface area contributed by atoms with Gasteiger partial charge in [-0.1, -0.05) is 35.9 Å². The molecule has 41 heavy (non-hydrogen) atoms. The molecule has 0 amide bonds. The van der Waals surface area contributed by atoms with Crippen molar-refractivity contribution in [2.75, 3.05) is 27.1 Å². The molecule has 0 spiro atoms. The van der Waals surface area contributed by atoms with E-state index >= 15 is 0 Å². The van der Waals surface area contributed by atoms with Crippen LogP contribution in [-0.4, -0.2) is 67.3 Å². The van der Waals surface area contributed by atoms with Crippen LogP contribution in [0.25, 0.3) is 0 Å². The Morgan fingerprint density at radius 2 is 1.02 bits per heavy atom. The molecule has 2 fully saturated rings. The Morgan fingerprint density at radius 1 is 0.683 bits per heavy atom. The summed E-state index contributed by atoms with van der Waals surface area (Å²) in [6.45, 7) is 10.8. The third-order valence-electron chi connectivity index (χ3n) is 7.26. The Labute approximate surface area is 247 Å². The minimum atomic E-state index is -0.891. The fourth-order valence-corrected chi connectivity index (χ4v) is 5.90. The van der Waals surface area contributed by atoms with Gasteiger partial charge in [-0.3, -0.25) is 19.2 Å². The number of allylic oxidation sites excluding steroid dienone is 4. The topological polar surface area (TPSA) is 135 Å². The van der Waals surface area contributed by atoms with Crippen LogP contribution >= 0.6 is 11.6 Å². The first-order valence-corrected chi connectivity index (χ1v) is 14.3. The summed E-state index contributed by atoms with van der Waals surface area (Å²) in [6.07, 6.45) is 9.48. The summed E-state index contributed by atoms with van der Waals surface area (Å²) >= 11 is 4.96. The Hall–Kier alpha value is -2.43. The normalized spacial score (nSPS) is 30.6. The summed E-state index contributed by atoms with van der Waals surface area (Å²) < 4.78 is 24.9. The van der Waals surface area contributed by atoms with E-state index in [2.05, 4.69) is 4.74 Å². The lowest BCUT2D eigenvalue weighted by Gasteiger charge is -2.28. The van der Waals surface area contributed by atoms with Crippen LogP contribution in [0.3, 0.4) is 0 Å². The van der Waals surface area contributed by atoms with Crippen LogP contribution in [0.2, 0.25) is 0 Å². The first kappa shape index (κ1) is 34.8. The zero-order valence-corrected chi connectivity index (χ0v) is 26.0. The molecular weight excluding hydrogens is 556 g/mol. The fourth-order valence-electron chi connectivity index (χ4n) is 5.90. The van der Waals surface area contributed by atoms with E-state index in [9.17, 15) is 24.3 Å². The van der Waals surface area contributed by atoms with Crippen molar-refractivity contribution in [3.63, 3.8) is 0 Å². The molecule has 0 heterocycles. The van der Waals surface area contributed by atoms with E-state index in [4.69, 9.17) is 30.5 Å². The van der Waals surface area contributed by atoms with Crippen LogP contribution in [0.4, 0.5) is 0 Å². The molecule has 4 aliphatic rings. The number of carboxylic acid groups (broad SMARTS) is 1. The number of methoxy groups -OCH3 is 2. The minimum absolute atomic E-state index is 0.00461. The molecule has 4 aliphatic carbocycles. The third kappa shape index (κ3) is 9.54. The summed E-state index contributed by atoms with van der Waals surface area (Å²) in [5.41, 5.74) is -1.12. The second-order valence-electron chi connectivity index (χ2n) is 12.7. The monoisotopic (exact) mass is 600 g/mol. The lowest BCUT2D eigenvalue weighted by atomic mass is 9.83. The standard InChI is InChI=1S/C15H22O5.C13H18O4.C2H5ClO/c1-15(2,3)20-14(17)12-10-6-5-9(7-10)11(12)13(16)19-8-18-4;1-13(2,3)17-12(16)10-8-5-4-7(6-8)9(10)11(14)15;1-4-2-3/h5-6,9-12H,7-8H2,1-4H3;4-5,7-10H,6H2,1-3H3,(H,14,15);2H2,1H3. The quantitative estimate of drug-likeness (QED) is 0.145. The molecule has 0 aromatic rings. The Kier molecular flexibility index (Phi) is 12.4. The summed E-state index contributed by atoms with van der Waals surface area (Å²) in [6, 6.07) is 0.292. The van der Waals surface area contributed by atoms with Crippen LogP contribution in [0, 0.1) is 47.3 Å². The largest absolute Gasteiger partial charge is 0.481 e. The number of rotatable bonds is 7. The highest BCUT2D eigenvalue weighted by Gasteiger charge is 2.54. The maximum atomic E-state index is 12.3. The number of hydrogen-bond acceptors (Lipinski definition) is 9. The molecule has 2 saturated carbocycles. The van der Waals surface area contributed by atoms with E-state index in [1.807, 2.05) is 45.1 Å². The smallest absolute Gasteiger partial charge is 0.312 e. The first-order chi connectivity index (χ1) is 19.0. The van der Waals surface area contributed by atoms with Gasteiger partial charge in [-0.25, -0.2) is 0 Å². The molecule has 0 aliphatic heterocycles. The summed E-state index contributed by atoms with van der Waals surface area (Å²) in [4.78, 5) is 47.8. The number of carbonyl (C=O) groups is 4. The van der Waals surface area contributed by atoms with Gasteiger partial charge in [0.25, 0.3) is 0 Å². The zero-order valence-electron chi connectivity index (χ0n) is 25.3. The van der Waals surface area contributed by atoms with Gasteiger partial charge in [0.1, 0.15) is 17.3 Å². The molecule has 4 bridgehead atoms. The molecule has 0 saturated heterocycles. The Balaban J connectivity index is 0.000000256. The van der Waals surface area contributed by atoms with Gasteiger partial charge in [0.05, 0.1) is 23.7 Å². The number of hydrogen-bond donors (Lipinski definition) is 1. The lowest BCUT2D eigenvalue weighted by Crippen LogP contribution is -2.38. The molecule has 232 valence electrons. The highest BCUT2D eigenvalue weighted by atomic mass is 35.5. The lowest BCUT2D eigenvalue weighted by molar-refractivity contribution is -0.173. The molecule has 4 rings (SSSR count). The van der Waals surface area contributed by atoms with Gasteiger partial charge in [-0.15, -0.1) is 0 Å². The molecule has 0 aromatic heterocycles. The van der Waals surface area contributed by atoms with Crippen molar-refractivity contribution in [1.29, 1.82) is 0 Å². The fraction of sp³-hybridized carbons (Fsp3) is 0.733. The number of alkyl halides is 1. The van der Waals surface area contributed by atoms with Gasteiger partial charge >= 0.3 is 23.9 Å². The Bertz CT molecular complexity index is 990. The van der Waals surface area contributed by atoms with Crippen molar-refractivity contribution in [3.05, 3.63) is 24.3 Å². The molecule has 8 unspecified atom stereocenters. The number of ether oxygens (including phenoxy) is 5. The zero-order chi connectivity index (χ0) is 31.1. The highest BCUT2D eigenvalue weighted by Crippen LogP contribution is 2.50. The number of fused-ring (bicyclic) bond motifs is 4. The Morgan fingerprint density at radius 3 is 1.34 bits per heavy atom. The summed E-state index contributed by atoms with van der Waals surface area (Å²) in [7, 11) is 3.01. The van der Waals surface area contributed by atoms with E-state index in [0.717, 1.165) is 12.8 Å². The second kappa shape index (κ2) is 14.6. The van der Waals surface area contributed by atoms with E-state index < -0.39 is 40.8 Å². The van der Waals surface area contributed by atoms with Crippen molar-refractivity contribution in [2.45, 2.75) is 65.6 Å². The molecule has 1 N–H and O–H groups in total. The van der Waals surface area contributed by atoms with Crippen molar-refractivity contribution < 1.29 is 48.0 Å². The molecule has 0 aromatic carbocycles. The average Bonchev–Trinajstić information content (AvgIpc) is 3.66.